The van der Waals surface area contributed by atoms with Crippen LogP contribution in [-0.2, 0) is 4.79 Å². The lowest BCUT2D eigenvalue weighted by atomic mass is 10.0. The highest BCUT2D eigenvalue weighted by atomic mass is 16.3. The average Bonchev–Trinajstić information content (AvgIpc) is 2.44. The smallest absolute Gasteiger partial charge is 0.252 e. The van der Waals surface area contributed by atoms with Crippen LogP contribution in [0.5, 0.6) is 0 Å². The third-order valence-corrected chi connectivity index (χ3v) is 3.73. The number of nitrogens with zero attached hydrogens (tertiary/aromatic N) is 1. The monoisotopic (exact) mass is 267 g/mol. The summed E-state index contributed by atoms with van der Waals surface area (Å²) in [5.74, 6) is 0.0664. The largest absolute Gasteiger partial charge is 0.388 e. The number of piperidine rings is 1. The number of hydrogen-bond acceptors (Lipinski definition) is 2. The molecule has 1 aliphatic heterocycles. The Morgan fingerprint density at radius 1 is 1.21 bits per heavy atom. The normalized spacial score (nSPS) is 18.5. The summed E-state index contributed by atoms with van der Waals surface area (Å²) in [5, 5.41) is 10.2. The van der Waals surface area contributed by atoms with Crippen LogP contribution in [0.15, 0.2) is 11.6 Å². The van der Waals surface area contributed by atoms with Crippen molar-refractivity contribution in [2.24, 2.45) is 0 Å². The Bertz CT molecular complexity index is 293. The number of likely N-dealkylation sites (tertiary alicyclic amines) is 1. The second-order valence-electron chi connectivity index (χ2n) is 5.46. The van der Waals surface area contributed by atoms with E-state index in [1.807, 2.05) is 17.9 Å². The molecule has 1 atom stereocenters. The molecule has 0 aliphatic carbocycles. The van der Waals surface area contributed by atoms with Gasteiger partial charge in [0.25, 0.3) is 5.91 Å². The Morgan fingerprint density at radius 2 is 1.89 bits per heavy atom. The summed E-state index contributed by atoms with van der Waals surface area (Å²) < 4.78 is 0. The van der Waals surface area contributed by atoms with Gasteiger partial charge in [0.05, 0.1) is 6.10 Å². The number of carbonyl (C=O) groups is 1. The van der Waals surface area contributed by atoms with Crippen LogP contribution in [0, 0.1) is 0 Å². The minimum atomic E-state index is -0.587. The molecule has 3 heteroatoms. The minimum Gasteiger partial charge on any atom is -0.388 e. The first-order chi connectivity index (χ1) is 9.20. The van der Waals surface area contributed by atoms with Gasteiger partial charge in [-0.3, -0.25) is 4.79 Å². The quantitative estimate of drug-likeness (QED) is 0.568. The lowest BCUT2D eigenvalue weighted by molar-refractivity contribution is -0.129. The molecule has 1 saturated heterocycles. The fourth-order valence-corrected chi connectivity index (χ4v) is 2.54. The van der Waals surface area contributed by atoms with Crippen molar-refractivity contribution in [3.8, 4) is 0 Å². The van der Waals surface area contributed by atoms with Crippen LogP contribution >= 0.6 is 0 Å². The molecule has 0 aromatic carbocycles. The Hall–Kier alpha value is -0.830. The van der Waals surface area contributed by atoms with Gasteiger partial charge in [-0.05, 0) is 32.1 Å². The summed E-state index contributed by atoms with van der Waals surface area (Å²) in [4.78, 5) is 14.4. The number of carbonyl (C=O) groups excluding carboxylic acids is 1. The Morgan fingerprint density at radius 3 is 2.47 bits per heavy atom. The molecule has 19 heavy (non-hydrogen) atoms. The lowest BCUT2D eigenvalue weighted by Crippen LogP contribution is -2.39. The summed E-state index contributed by atoms with van der Waals surface area (Å²) in [6, 6.07) is 0. The minimum absolute atomic E-state index is 0.0664. The van der Waals surface area contributed by atoms with Gasteiger partial charge < -0.3 is 10.0 Å². The van der Waals surface area contributed by atoms with Gasteiger partial charge in [0.15, 0.2) is 0 Å². The number of rotatable bonds is 7. The number of aliphatic hydroxyl groups is 1. The molecule has 0 spiro atoms. The second kappa shape index (κ2) is 9.13. The van der Waals surface area contributed by atoms with Gasteiger partial charge in [-0.15, -0.1) is 0 Å². The zero-order valence-electron chi connectivity index (χ0n) is 12.5. The van der Waals surface area contributed by atoms with E-state index in [0.717, 1.165) is 51.6 Å². The van der Waals surface area contributed by atoms with Gasteiger partial charge in [-0.25, -0.2) is 0 Å². The van der Waals surface area contributed by atoms with Crippen LogP contribution < -0.4 is 0 Å². The van der Waals surface area contributed by atoms with Crippen LogP contribution in [0.25, 0.3) is 0 Å². The van der Waals surface area contributed by atoms with Crippen LogP contribution in [0.4, 0.5) is 0 Å². The van der Waals surface area contributed by atoms with Gasteiger partial charge in [0.2, 0.25) is 0 Å². The second-order valence-corrected chi connectivity index (χ2v) is 5.46. The molecule has 1 amide bonds. The summed E-state index contributed by atoms with van der Waals surface area (Å²) >= 11 is 0. The first-order valence-electron chi connectivity index (χ1n) is 7.88. The summed E-state index contributed by atoms with van der Waals surface area (Å²) in [7, 11) is 0. The molecule has 1 unspecified atom stereocenters. The molecule has 0 saturated carbocycles. The topological polar surface area (TPSA) is 40.5 Å². The van der Waals surface area contributed by atoms with Crippen molar-refractivity contribution in [2.75, 3.05) is 13.1 Å². The summed E-state index contributed by atoms with van der Waals surface area (Å²) in [6.07, 6.45) is 9.47. The van der Waals surface area contributed by atoms with Crippen molar-refractivity contribution in [1.29, 1.82) is 0 Å². The van der Waals surface area contributed by atoms with Gasteiger partial charge in [0.1, 0.15) is 0 Å². The van der Waals surface area contributed by atoms with E-state index in [9.17, 15) is 9.90 Å². The molecule has 1 N–H and O–H groups in total. The van der Waals surface area contributed by atoms with Crippen LogP contribution in [0.2, 0.25) is 0 Å². The van der Waals surface area contributed by atoms with Crippen LogP contribution in [0.3, 0.4) is 0 Å². The molecule has 1 rings (SSSR count). The van der Waals surface area contributed by atoms with Crippen molar-refractivity contribution in [1.82, 2.24) is 4.90 Å². The van der Waals surface area contributed by atoms with Gasteiger partial charge in [0, 0.05) is 18.7 Å². The molecule has 0 bridgehead atoms. The van der Waals surface area contributed by atoms with Crippen LogP contribution in [-0.4, -0.2) is 35.1 Å². The van der Waals surface area contributed by atoms with Gasteiger partial charge in [-0.2, -0.15) is 0 Å². The molecule has 1 heterocycles. The van der Waals surface area contributed by atoms with Gasteiger partial charge in [-0.1, -0.05) is 39.2 Å². The van der Waals surface area contributed by atoms with Crippen molar-refractivity contribution < 1.29 is 9.90 Å². The fraction of sp³-hybridized carbons (Fsp3) is 0.812. The van der Waals surface area contributed by atoms with E-state index in [0.29, 0.717) is 12.0 Å². The lowest BCUT2D eigenvalue weighted by Gasteiger charge is -2.29. The predicted molar refractivity (Wildman–Crippen MR) is 79.0 cm³/mol. The number of unbranched alkanes of at least 4 members (excludes halogenated alkanes) is 2. The first-order valence-corrected chi connectivity index (χ1v) is 7.88. The molecule has 1 fully saturated rings. The standard InChI is InChI=1S/C16H29NO2/c1-3-5-7-11-14(15(18)10-4-2)16(19)17-12-8-6-9-13-17/h11,15,18H,3-10,12-13H2,1-2H3/b14-11-. The van der Waals surface area contributed by atoms with E-state index in [1.54, 1.807) is 0 Å². The van der Waals surface area contributed by atoms with E-state index in [2.05, 4.69) is 6.92 Å². The molecule has 0 radical (unpaired) electrons. The highest BCUT2D eigenvalue weighted by Gasteiger charge is 2.24. The van der Waals surface area contributed by atoms with E-state index in [1.165, 1.54) is 6.42 Å². The van der Waals surface area contributed by atoms with Crippen molar-refractivity contribution in [3.05, 3.63) is 11.6 Å². The summed E-state index contributed by atoms with van der Waals surface area (Å²) in [5.41, 5.74) is 0.636. The van der Waals surface area contributed by atoms with E-state index in [4.69, 9.17) is 0 Å². The Kier molecular flexibility index (Phi) is 7.80. The SMILES string of the molecule is CCCC/C=C(\C(=O)N1CCCCC1)C(O)CCC. The Balaban J connectivity index is 2.69. The predicted octanol–water partition coefficient (Wildman–Crippen LogP) is 3.28. The highest BCUT2D eigenvalue weighted by Crippen LogP contribution is 2.18. The Labute approximate surface area is 117 Å². The molecule has 0 aromatic heterocycles. The maximum atomic E-state index is 12.5. The third-order valence-electron chi connectivity index (χ3n) is 3.73. The van der Waals surface area contributed by atoms with Gasteiger partial charge >= 0.3 is 0 Å². The zero-order chi connectivity index (χ0) is 14.1. The van der Waals surface area contributed by atoms with E-state index >= 15 is 0 Å². The van der Waals surface area contributed by atoms with E-state index < -0.39 is 6.10 Å². The highest BCUT2D eigenvalue weighted by molar-refractivity contribution is 5.94. The number of amides is 1. The maximum Gasteiger partial charge on any atom is 0.252 e. The third kappa shape index (κ3) is 5.35. The summed E-state index contributed by atoms with van der Waals surface area (Å²) in [6.45, 7) is 5.88. The number of aliphatic hydroxyl groups excluding tert-OH is 1. The van der Waals surface area contributed by atoms with Crippen LogP contribution in [0.1, 0.15) is 65.2 Å². The van der Waals surface area contributed by atoms with E-state index in [-0.39, 0.29) is 5.91 Å². The number of allylic oxidation sites excluding steroid dienone is 1. The molecule has 3 nitrogen and oxygen atoms in total. The average molecular weight is 267 g/mol. The molecular formula is C16H29NO2. The van der Waals surface area contributed by atoms with Crippen molar-refractivity contribution >= 4 is 5.91 Å². The number of hydrogen-bond donors (Lipinski definition) is 1. The van der Waals surface area contributed by atoms with Crippen molar-refractivity contribution in [2.45, 2.75) is 71.3 Å². The fourth-order valence-electron chi connectivity index (χ4n) is 2.54. The first kappa shape index (κ1) is 16.2. The van der Waals surface area contributed by atoms with Crippen molar-refractivity contribution in [3.63, 3.8) is 0 Å². The maximum absolute atomic E-state index is 12.5. The molecule has 0 aromatic rings. The zero-order valence-corrected chi connectivity index (χ0v) is 12.5. The molecule has 110 valence electrons. The molecular weight excluding hydrogens is 238 g/mol. The molecule has 1 aliphatic rings.